The molecule has 3 rings (SSSR count). The molecule has 1 aromatic carbocycles. The van der Waals surface area contributed by atoms with Gasteiger partial charge in [0, 0.05) is 35.6 Å². The fraction of sp³-hybridized carbons (Fsp3) is 0.474. The van der Waals surface area contributed by atoms with Crippen molar-refractivity contribution in [2.45, 2.75) is 36.9 Å². The average molecular weight is 430 g/mol. The molecule has 0 radical (unpaired) electrons. The summed E-state index contributed by atoms with van der Waals surface area (Å²) in [4.78, 5) is 9.37. The third kappa shape index (κ3) is 5.72. The minimum atomic E-state index is -0.161. The molecular weight excluding hydrogens is 405 g/mol. The Balaban J connectivity index is 0.00000261. The molecule has 2 N–H and O–H groups in total. The van der Waals surface area contributed by atoms with Gasteiger partial charge in [0.25, 0.3) is 0 Å². The number of ether oxygens (including phenoxy) is 1. The maximum absolute atomic E-state index is 9.07. The second-order valence-corrected chi connectivity index (χ2v) is 7.66. The summed E-state index contributed by atoms with van der Waals surface area (Å²) in [5, 5.41) is 13.9. The van der Waals surface area contributed by atoms with Gasteiger partial charge in [-0.2, -0.15) is 0 Å². The molecule has 0 spiro atoms. The molecule has 0 saturated heterocycles. The molecule has 1 unspecified atom stereocenters. The van der Waals surface area contributed by atoms with E-state index in [-0.39, 0.29) is 25.1 Å². The summed E-state index contributed by atoms with van der Waals surface area (Å²) in [5.41, 5.74) is 3.29. The van der Waals surface area contributed by atoms with Crippen LogP contribution < -0.4 is 5.32 Å². The number of rotatable bonds is 8. The van der Waals surface area contributed by atoms with Crippen molar-refractivity contribution < 1.29 is 9.84 Å². The smallest absolute Gasteiger partial charge is 0.189 e. The molecule has 148 valence electrons. The Kier molecular flexibility index (Phi) is 9.12. The van der Waals surface area contributed by atoms with Crippen LogP contribution in [0, 0.1) is 0 Å². The summed E-state index contributed by atoms with van der Waals surface area (Å²) < 4.78 is 5.65. The molecule has 0 fully saturated rings. The number of hydrogen-bond donors (Lipinski definition) is 2. The highest BCUT2D eigenvalue weighted by molar-refractivity contribution is 7.99. The zero-order chi connectivity index (χ0) is 18.4. The lowest BCUT2D eigenvalue weighted by atomic mass is 9.96. The summed E-state index contributed by atoms with van der Waals surface area (Å²) in [6.45, 7) is 0.694. The number of fused-ring (bicyclic) bond motifs is 1. The van der Waals surface area contributed by atoms with Gasteiger partial charge in [0.2, 0.25) is 0 Å². The first-order valence-corrected chi connectivity index (χ1v) is 10.2. The summed E-state index contributed by atoms with van der Waals surface area (Å²) in [6.07, 6.45) is 4.14. The van der Waals surface area contributed by atoms with E-state index in [1.165, 1.54) is 17.3 Å². The predicted octanol–water partition coefficient (Wildman–Crippen LogP) is 4.31. The highest BCUT2D eigenvalue weighted by Gasteiger charge is 2.20. The maximum atomic E-state index is 9.07. The minimum Gasteiger partial charge on any atom is -0.396 e. The third-order valence-electron chi connectivity index (χ3n) is 4.48. The Morgan fingerprint density at radius 1 is 1.26 bits per heavy atom. The van der Waals surface area contributed by atoms with Crippen LogP contribution in [0.15, 0.2) is 29.4 Å². The number of methoxy groups -OCH3 is 1. The van der Waals surface area contributed by atoms with E-state index in [9.17, 15) is 0 Å². The molecule has 1 atom stereocenters. The molecule has 1 aliphatic rings. The van der Waals surface area contributed by atoms with Gasteiger partial charge >= 0.3 is 0 Å². The molecule has 0 bridgehead atoms. The molecule has 5 nitrogen and oxygen atoms in total. The Morgan fingerprint density at radius 3 is 2.78 bits per heavy atom. The van der Waals surface area contributed by atoms with Crippen LogP contribution in [0.1, 0.15) is 35.8 Å². The molecule has 0 saturated carbocycles. The number of aryl methyl sites for hydroxylation is 1. The number of thioether (sulfide) groups is 1. The van der Waals surface area contributed by atoms with Gasteiger partial charge in [-0.25, -0.2) is 9.97 Å². The Labute approximate surface area is 175 Å². The average Bonchev–Trinajstić information content (AvgIpc) is 2.68. The van der Waals surface area contributed by atoms with Gasteiger partial charge in [-0.1, -0.05) is 41.6 Å². The van der Waals surface area contributed by atoms with E-state index in [2.05, 4.69) is 15.3 Å². The topological polar surface area (TPSA) is 67.3 Å². The van der Waals surface area contributed by atoms with Gasteiger partial charge < -0.3 is 15.2 Å². The van der Waals surface area contributed by atoms with Crippen LogP contribution in [-0.2, 0) is 17.6 Å². The van der Waals surface area contributed by atoms with Crippen molar-refractivity contribution in [3.05, 3.63) is 46.1 Å². The minimum absolute atomic E-state index is 0. The molecule has 27 heavy (non-hydrogen) atoms. The SMILES string of the molecule is COC(CNc1nc(SCCO)nc2c1CCCC2)c1ccccc1Cl.Cl. The second kappa shape index (κ2) is 11.1. The van der Waals surface area contributed by atoms with Crippen molar-refractivity contribution >= 4 is 41.6 Å². The molecule has 1 heterocycles. The predicted molar refractivity (Wildman–Crippen MR) is 113 cm³/mol. The summed E-state index contributed by atoms with van der Waals surface area (Å²) in [5.74, 6) is 1.47. The van der Waals surface area contributed by atoms with E-state index < -0.39 is 0 Å². The number of aliphatic hydroxyl groups is 1. The number of aromatic nitrogens is 2. The van der Waals surface area contributed by atoms with E-state index in [1.807, 2.05) is 24.3 Å². The van der Waals surface area contributed by atoms with E-state index >= 15 is 0 Å². The van der Waals surface area contributed by atoms with E-state index in [0.29, 0.717) is 22.5 Å². The van der Waals surface area contributed by atoms with Gasteiger partial charge in [-0.05, 0) is 31.7 Å². The van der Waals surface area contributed by atoms with Crippen LogP contribution in [-0.4, -0.2) is 41.1 Å². The van der Waals surface area contributed by atoms with E-state index in [4.69, 9.17) is 21.4 Å². The van der Waals surface area contributed by atoms with Crippen molar-refractivity contribution in [1.29, 1.82) is 0 Å². The molecular formula is C19H25Cl2N3O2S. The van der Waals surface area contributed by atoms with Gasteiger partial charge in [0.15, 0.2) is 5.16 Å². The van der Waals surface area contributed by atoms with Crippen molar-refractivity contribution in [3.8, 4) is 0 Å². The molecule has 1 aromatic heterocycles. The number of anilines is 1. The van der Waals surface area contributed by atoms with Crippen molar-refractivity contribution in [1.82, 2.24) is 9.97 Å². The lowest BCUT2D eigenvalue weighted by molar-refractivity contribution is 0.114. The number of hydrogen-bond acceptors (Lipinski definition) is 6. The zero-order valence-electron chi connectivity index (χ0n) is 15.3. The third-order valence-corrected chi connectivity index (χ3v) is 5.65. The summed E-state index contributed by atoms with van der Waals surface area (Å²) in [7, 11) is 1.69. The standard InChI is InChI=1S/C19H24ClN3O2S.ClH/c1-25-17(13-6-2-4-8-15(13)20)12-21-18-14-7-3-5-9-16(14)22-19(23-18)26-11-10-24;/h2,4,6,8,17,24H,3,5,7,9-12H2,1H3,(H,21,22,23);1H. The number of benzene rings is 1. The lowest BCUT2D eigenvalue weighted by Gasteiger charge is -2.22. The zero-order valence-corrected chi connectivity index (χ0v) is 17.7. The lowest BCUT2D eigenvalue weighted by Crippen LogP contribution is -2.19. The quantitative estimate of drug-likeness (QED) is 0.481. The Morgan fingerprint density at radius 2 is 2.04 bits per heavy atom. The van der Waals surface area contributed by atoms with Crippen LogP contribution >= 0.6 is 35.8 Å². The van der Waals surface area contributed by atoms with Crippen LogP contribution in [0.4, 0.5) is 5.82 Å². The fourth-order valence-corrected chi connectivity index (χ4v) is 4.03. The van der Waals surface area contributed by atoms with Crippen LogP contribution in [0.25, 0.3) is 0 Å². The van der Waals surface area contributed by atoms with Crippen molar-refractivity contribution in [2.75, 3.05) is 31.3 Å². The first kappa shape index (κ1) is 22.2. The Bertz CT molecular complexity index is 749. The first-order chi connectivity index (χ1) is 12.7. The monoisotopic (exact) mass is 429 g/mol. The van der Waals surface area contributed by atoms with E-state index in [1.54, 1.807) is 7.11 Å². The summed E-state index contributed by atoms with van der Waals surface area (Å²) >= 11 is 7.80. The van der Waals surface area contributed by atoms with Gasteiger partial charge in [-0.3, -0.25) is 0 Å². The molecule has 2 aromatic rings. The number of nitrogens with zero attached hydrogens (tertiary/aromatic N) is 2. The molecule has 8 heteroatoms. The fourth-order valence-electron chi connectivity index (χ4n) is 3.16. The molecule has 1 aliphatic carbocycles. The van der Waals surface area contributed by atoms with Gasteiger partial charge in [0.1, 0.15) is 11.9 Å². The number of nitrogens with one attached hydrogen (secondary N) is 1. The first-order valence-electron chi connectivity index (χ1n) is 8.87. The van der Waals surface area contributed by atoms with Crippen molar-refractivity contribution in [3.63, 3.8) is 0 Å². The highest BCUT2D eigenvalue weighted by atomic mass is 35.5. The Hall–Kier alpha value is -1.05. The molecule has 0 amide bonds. The largest absolute Gasteiger partial charge is 0.396 e. The number of halogens is 2. The van der Waals surface area contributed by atoms with Crippen LogP contribution in [0.5, 0.6) is 0 Å². The van der Waals surface area contributed by atoms with Gasteiger partial charge in [0.05, 0.1) is 12.3 Å². The van der Waals surface area contributed by atoms with Crippen molar-refractivity contribution in [2.24, 2.45) is 0 Å². The van der Waals surface area contributed by atoms with Gasteiger partial charge in [-0.15, -0.1) is 12.4 Å². The number of aliphatic hydroxyl groups excluding tert-OH is 1. The maximum Gasteiger partial charge on any atom is 0.189 e. The second-order valence-electron chi connectivity index (χ2n) is 6.19. The normalized spacial score (nSPS) is 14.2. The summed E-state index contributed by atoms with van der Waals surface area (Å²) in [6, 6.07) is 7.73. The van der Waals surface area contributed by atoms with Crippen LogP contribution in [0.2, 0.25) is 5.02 Å². The van der Waals surface area contributed by atoms with E-state index in [0.717, 1.165) is 42.8 Å². The molecule has 0 aliphatic heterocycles. The van der Waals surface area contributed by atoms with Crippen LogP contribution in [0.3, 0.4) is 0 Å². The highest BCUT2D eigenvalue weighted by Crippen LogP contribution is 2.30.